The Kier molecular flexibility index (Phi) is 7.95. The van der Waals surface area contributed by atoms with E-state index >= 15 is 0 Å². The molecule has 1 saturated heterocycles. The van der Waals surface area contributed by atoms with Crippen LogP contribution in [0.1, 0.15) is 16.7 Å². The van der Waals surface area contributed by atoms with E-state index in [0.29, 0.717) is 28.6 Å². The summed E-state index contributed by atoms with van der Waals surface area (Å²) in [6.45, 7) is 1.78. The van der Waals surface area contributed by atoms with Crippen molar-refractivity contribution in [2.45, 2.75) is 13.5 Å². The summed E-state index contributed by atoms with van der Waals surface area (Å²) in [5.41, 5.74) is 2.98. The summed E-state index contributed by atoms with van der Waals surface area (Å²) in [6, 6.07) is 20.3. The maximum atomic E-state index is 13.0. The van der Waals surface area contributed by atoms with Crippen LogP contribution in [0.3, 0.4) is 0 Å². The number of carbonyl (C=O) groups is 3. The minimum absolute atomic E-state index is 0.212. The number of aryl methyl sites for hydroxylation is 1. The van der Waals surface area contributed by atoms with Gasteiger partial charge in [0, 0.05) is 20.7 Å². The van der Waals surface area contributed by atoms with E-state index in [9.17, 15) is 14.4 Å². The monoisotopic (exact) mass is 570 g/mol. The molecule has 0 spiro atoms. The summed E-state index contributed by atoms with van der Waals surface area (Å²) >= 11 is 10.2. The smallest absolute Gasteiger partial charge is 0.294 e. The first kappa shape index (κ1) is 25.0. The van der Waals surface area contributed by atoms with Crippen molar-refractivity contribution < 1.29 is 19.1 Å². The molecule has 178 valence electrons. The lowest BCUT2D eigenvalue weighted by atomic mass is 10.1. The SMILES string of the molecule is Cc1ccc(Cl)cc1NC(=O)CN1C(=O)S/C(=C\c2cc(Br)ccc2OCc2ccccc2)C1=O. The molecule has 0 aromatic heterocycles. The average Bonchev–Trinajstić information content (AvgIpc) is 3.09. The Morgan fingerprint density at radius 2 is 1.89 bits per heavy atom. The van der Waals surface area contributed by atoms with E-state index in [1.165, 1.54) is 0 Å². The molecular weight excluding hydrogens is 552 g/mol. The molecule has 1 fully saturated rings. The maximum absolute atomic E-state index is 13.0. The van der Waals surface area contributed by atoms with Gasteiger partial charge in [-0.05, 0) is 66.2 Å². The second-order valence-corrected chi connectivity index (χ2v) is 10.1. The van der Waals surface area contributed by atoms with Crippen molar-refractivity contribution >= 4 is 68.1 Å². The first-order valence-corrected chi connectivity index (χ1v) is 12.6. The first-order valence-electron chi connectivity index (χ1n) is 10.6. The molecule has 3 aromatic rings. The highest BCUT2D eigenvalue weighted by atomic mass is 79.9. The number of imide groups is 1. The standard InChI is InChI=1S/C26H20BrClN2O4S/c1-16-7-9-20(28)13-21(16)29-24(31)14-30-25(32)23(35-26(30)33)12-18-11-19(27)8-10-22(18)34-15-17-5-3-2-4-6-17/h2-13H,14-15H2,1H3,(H,29,31)/b23-12-. The van der Waals surface area contributed by atoms with Crippen LogP contribution in [0.2, 0.25) is 5.02 Å². The summed E-state index contributed by atoms with van der Waals surface area (Å²) in [5.74, 6) is -0.460. The molecule has 3 amide bonds. The van der Waals surface area contributed by atoms with E-state index in [2.05, 4.69) is 21.2 Å². The predicted octanol–water partition coefficient (Wildman–Crippen LogP) is 6.66. The van der Waals surface area contributed by atoms with Crippen LogP contribution in [-0.4, -0.2) is 28.5 Å². The summed E-state index contributed by atoms with van der Waals surface area (Å²) in [5, 5.41) is 2.67. The molecule has 0 atom stereocenters. The van der Waals surface area contributed by atoms with Gasteiger partial charge in [-0.15, -0.1) is 0 Å². The fraction of sp³-hybridized carbons (Fsp3) is 0.115. The quantitative estimate of drug-likeness (QED) is 0.321. The van der Waals surface area contributed by atoms with E-state index in [-0.39, 0.29) is 4.91 Å². The lowest BCUT2D eigenvalue weighted by molar-refractivity contribution is -0.127. The van der Waals surface area contributed by atoms with Gasteiger partial charge >= 0.3 is 0 Å². The molecule has 9 heteroatoms. The molecule has 0 bridgehead atoms. The van der Waals surface area contributed by atoms with E-state index in [1.807, 2.05) is 49.4 Å². The number of carbonyl (C=O) groups excluding carboxylic acids is 3. The van der Waals surface area contributed by atoms with Gasteiger partial charge in [-0.2, -0.15) is 0 Å². The number of nitrogens with one attached hydrogen (secondary N) is 1. The van der Waals surface area contributed by atoms with Gasteiger partial charge in [0.1, 0.15) is 18.9 Å². The van der Waals surface area contributed by atoms with Crippen molar-refractivity contribution in [2.75, 3.05) is 11.9 Å². The molecule has 0 radical (unpaired) electrons. The molecule has 1 heterocycles. The molecule has 0 unspecified atom stereocenters. The number of hydrogen-bond acceptors (Lipinski definition) is 5. The van der Waals surface area contributed by atoms with E-state index in [1.54, 1.807) is 30.3 Å². The van der Waals surface area contributed by atoms with E-state index in [4.69, 9.17) is 16.3 Å². The minimum Gasteiger partial charge on any atom is -0.488 e. The Morgan fingerprint density at radius 1 is 1.11 bits per heavy atom. The molecule has 35 heavy (non-hydrogen) atoms. The number of benzene rings is 3. The molecule has 1 N–H and O–H groups in total. The second-order valence-electron chi connectivity index (χ2n) is 7.73. The lowest BCUT2D eigenvalue weighted by Gasteiger charge is -2.14. The van der Waals surface area contributed by atoms with Gasteiger partial charge in [0.2, 0.25) is 5.91 Å². The minimum atomic E-state index is -0.535. The van der Waals surface area contributed by atoms with Gasteiger partial charge in [0.25, 0.3) is 11.1 Å². The summed E-state index contributed by atoms with van der Waals surface area (Å²) in [6.07, 6.45) is 1.61. The van der Waals surface area contributed by atoms with Crippen LogP contribution in [0.4, 0.5) is 10.5 Å². The Bertz CT molecular complexity index is 1330. The van der Waals surface area contributed by atoms with Gasteiger partial charge in [0.15, 0.2) is 0 Å². The maximum Gasteiger partial charge on any atom is 0.294 e. The van der Waals surface area contributed by atoms with Crippen molar-refractivity contribution in [3.05, 3.63) is 97.8 Å². The molecule has 0 aliphatic carbocycles. The average molecular weight is 572 g/mol. The second kappa shape index (κ2) is 11.1. The van der Waals surface area contributed by atoms with Crippen LogP contribution in [0.25, 0.3) is 6.08 Å². The van der Waals surface area contributed by atoms with Crippen molar-refractivity contribution in [3.8, 4) is 5.75 Å². The molecule has 6 nitrogen and oxygen atoms in total. The number of nitrogens with zero attached hydrogens (tertiary/aromatic N) is 1. The Morgan fingerprint density at radius 3 is 2.66 bits per heavy atom. The van der Waals surface area contributed by atoms with Crippen LogP contribution < -0.4 is 10.1 Å². The van der Waals surface area contributed by atoms with E-state index < -0.39 is 23.6 Å². The molecule has 1 aliphatic heterocycles. The normalized spacial score (nSPS) is 14.5. The Labute approximate surface area is 220 Å². The number of ether oxygens (including phenoxy) is 1. The number of anilines is 1. The third kappa shape index (κ3) is 6.33. The highest BCUT2D eigenvalue weighted by molar-refractivity contribution is 9.10. The fourth-order valence-corrected chi connectivity index (χ4v) is 4.72. The zero-order valence-electron chi connectivity index (χ0n) is 18.6. The van der Waals surface area contributed by atoms with Gasteiger partial charge in [-0.1, -0.05) is 63.9 Å². The number of halogens is 2. The van der Waals surface area contributed by atoms with Crippen LogP contribution in [0, 0.1) is 6.92 Å². The van der Waals surface area contributed by atoms with Crippen molar-refractivity contribution in [1.82, 2.24) is 4.90 Å². The van der Waals surface area contributed by atoms with Gasteiger partial charge < -0.3 is 10.1 Å². The van der Waals surface area contributed by atoms with Crippen LogP contribution in [0.5, 0.6) is 5.75 Å². The molecule has 4 rings (SSSR count). The Hall–Kier alpha value is -3.07. The van der Waals surface area contributed by atoms with Gasteiger partial charge in [-0.25, -0.2) is 0 Å². The Balaban J connectivity index is 1.49. The van der Waals surface area contributed by atoms with E-state index in [0.717, 1.165) is 32.3 Å². The first-order chi connectivity index (χ1) is 16.8. The topological polar surface area (TPSA) is 75.7 Å². The fourth-order valence-electron chi connectivity index (χ4n) is 3.34. The van der Waals surface area contributed by atoms with Crippen LogP contribution in [0.15, 0.2) is 76.1 Å². The predicted molar refractivity (Wildman–Crippen MR) is 142 cm³/mol. The van der Waals surface area contributed by atoms with Crippen LogP contribution >= 0.6 is 39.3 Å². The number of hydrogen-bond donors (Lipinski definition) is 1. The van der Waals surface area contributed by atoms with Crippen molar-refractivity contribution in [3.63, 3.8) is 0 Å². The summed E-state index contributed by atoms with van der Waals surface area (Å²) in [4.78, 5) is 39.2. The number of rotatable bonds is 7. The molecule has 1 aliphatic rings. The summed E-state index contributed by atoms with van der Waals surface area (Å²) in [7, 11) is 0. The van der Waals surface area contributed by atoms with Gasteiger partial charge in [-0.3, -0.25) is 19.3 Å². The van der Waals surface area contributed by atoms with Gasteiger partial charge in [0.05, 0.1) is 4.91 Å². The van der Waals surface area contributed by atoms with Crippen LogP contribution in [-0.2, 0) is 16.2 Å². The zero-order chi connectivity index (χ0) is 24.9. The highest BCUT2D eigenvalue weighted by Gasteiger charge is 2.36. The third-order valence-corrected chi connectivity index (χ3v) is 6.78. The highest BCUT2D eigenvalue weighted by Crippen LogP contribution is 2.35. The lowest BCUT2D eigenvalue weighted by Crippen LogP contribution is -2.36. The number of amides is 3. The molecular formula is C26H20BrClN2O4S. The molecule has 0 saturated carbocycles. The van der Waals surface area contributed by atoms with Crippen molar-refractivity contribution in [1.29, 1.82) is 0 Å². The largest absolute Gasteiger partial charge is 0.488 e. The third-order valence-electron chi connectivity index (χ3n) is 5.14. The number of thioether (sulfide) groups is 1. The molecule has 3 aromatic carbocycles. The summed E-state index contributed by atoms with van der Waals surface area (Å²) < 4.78 is 6.77. The van der Waals surface area contributed by atoms with Crippen molar-refractivity contribution in [2.24, 2.45) is 0 Å². The zero-order valence-corrected chi connectivity index (χ0v) is 21.7.